The van der Waals surface area contributed by atoms with Crippen molar-refractivity contribution in [2.24, 2.45) is 5.92 Å². The quantitative estimate of drug-likeness (QED) is 0.715. The van der Waals surface area contributed by atoms with Crippen LogP contribution in [-0.4, -0.2) is 34.6 Å². The van der Waals surface area contributed by atoms with E-state index in [1.54, 1.807) is 11.3 Å². The molecular formula is C19H24N2OS2. The van der Waals surface area contributed by atoms with E-state index in [4.69, 9.17) is 0 Å². The number of likely N-dealkylation sites (tertiary alicyclic amines) is 1. The molecule has 0 spiro atoms. The lowest BCUT2D eigenvalue weighted by Crippen LogP contribution is -2.39. The van der Waals surface area contributed by atoms with Crippen molar-refractivity contribution in [2.75, 3.05) is 18.8 Å². The van der Waals surface area contributed by atoms with Gasteiger partial charge in [0.2, 0.25) is 5.91 Å². The summed E-state index contributed by atoms with van der Waals surface area (Å²) in [5.41, 5.74) is 2.36. The fourth-order valence-electron chi connectivity index (χ4n) is 2.99. The summed E-state index contributed by atoms with van der Waals surface area (Å²) in [5.74, 6) is 2.14. The molecule has 3 rings (SSSR count). The van der Waals surface area contributed by atoms with Gasteiger partial charge in [-0.1, -0.05) is 42.1 Å². The summed E-state index contributed by atoms with van der Waals surface area (Å²) < 4.78 is 1.17. The maximum Gasteiger partial charge on any atom is 0.222 e. The first-order valence-electron chi connectivity index (χ1n) is 8.57. The predicted octanol–water partition coefficient (Wildman–Crippen LogP) is 4.42. The molecule has 1 saturated heterocycles. The molecule has 5 heteroatoms. The molecular weight excluding hydrogens is 336 g/mol. The molecule has 24 heavy (non-hydrogen) atoms. The molecule has 1 amide bonds. The third kappa shape index (κ3) is 5.08. The van der Waals surface area contributed by atoms with Crippen LogP contribution in [0.4, 0.5) is 0 Å². The third-order valence-corrected chi connectivity index (χ3v) is 6.85. The van der Waals surface area contributed by atoms with E-state index in [9.17, 15) is 4.79 Å². The van der Waals surface area contributed by atoms with Gasteiger partial charge in [0.25, 0.3) is 0 Å². The summed E-state index contributed by atoms with van der Waals surface area (Å²) in [7, 11) is 0. The highest BCUT2D eigenvalue weighted by Crippen LogP contribution is 2.28. The lowest BCUT2D eigenvalue weighted by Gasteiger charge is -2.31. The Hall–Kier alpha value is -1.33. The van der Waals surface area contributed by atoms with E-state index in [-0.39, 0.29) is 0 Å². The largest absolute Gasteiger partial charge is 0.343 e. The minimum atomic E-state index is 0.306. The first-order chi connectivity index (χ1) is 11.7. The number of hydrogen-bond acceptors (Lipinski definition) is 4. The number of benzene rings is 1. The Bertz CT molecular complexity index is 648. The van der Waals surface area contributed by atoms with Crippen LogP contribution in [0.15, 0.2) is 40.1 Å². The average molecular weight is 361 g/mol. The predicted molar refractivity (Wildman–Crippen MR) is 102 cm³/mol. The molecule has 0 atom stereocenters. The number of aryl methyl sites for hydroxylation is 2. The number of piperidine rings is 1. The minimum Gasteiger partial charge on any atom is -0.343 e. The van der Waals surface area contributed by atoms with Crippen LogP contribution in [0.25, 0.3) is 0 Å². The van der Waals surface area contributed by atoms with Gasteiger partial charge in [-0.05, 0) is 37.7 Å². The number of rotatable bonds is 6. The molecule has 1 aromatic carbocycles. The highest BCUT2D eigenvalue weighted by atomic mass is 32.2. The van der Waals surface area contributed by atoms with Crippen LogP contribution in [0.1, 0.15) is 30.5 Å². The van der Waals surface area contributed by atoms with Crippen molar-refractivity contribution in [3.63, 3.8) is 0 Å². The van der Waals surface area contributed by atoms with Gasteiger partial charge in [-0.2, -0.15) is 0 Å². The molecule has 1 aromatic heterocycles. The van der Waals surface area contributed by atoms with Gasteiger partial charge in [0, 0.05) is 36.3 Å². The fourth-order valence-corrected chi connectivity index (χ4v) is 5.05. The van der Waals surface area contributed by atoms with Crippen LogP contribution in [0, 0.1) is 12.8 Å². The van der Waals surface area contributed by atoms with Gasteiger partial charge in [-0.15, -0.1) is 11.3 Å². The fraction of sp³-hybridized carbons (Fsp3) is 0.474. The Morgan fingerprint density at radius 2 is 2.04 bits per heavy atom. The van der Waals surface area contributed by atoms with Crippen LogP contribution >= 0.6 is 23.1 Å². The van der Waals surface area contributed by atoms with Gasteiger partial charge >= 0.3 is 0 Å². The van der Waals surface area contributed by atoms with Gasteiger partial charge in [-0.25, -0.2) is 4.98 Å². The summed E-state index contributed by atoms with van der Waals surface area (Å²) in [6.45, 7) is 3.87. The van der Waals surface area contributed by atoms with Gasteiger partial charge in [0.15, 0.2) is 0 Å². The van der Waals surface area contributed by atoms with Crippen LogP contribution < -0.4 is 0 Å². The van der Waals surface area contributed by atoms with Crippen molar-refractivity contribution in [3.05, 3.63) is 47.0 Å². The van der Waals surface area contributed by atoms with Crippen molar-refractivity contribution in [1.29, 1.82) is 0 Å². The number of thioether (sulfide) groups is 1. The van der Waals surface area contributed by atoms with Crippen molar-refractivity contribution < 1.29 is 4.79 Å². The lowest BCUT2D eigenvalue weighted by atomic mass is 9.98. The Morgan fingerprint density at radius 3 is 2.71 bits per heavy atom. The number of hydrogen-bond donors (Lipinski definition) is 0. The number of amides is 1. The van der Waals surface area contributed by atoms with Crippen molar-refractivity contribution in [1.82, 2.24) is 9.88 Å². The maximum atomic E-state index is 12.4. The zero-order valence-electron chi connectivity index (χ0n) is 14.1. The molecule has 3 nitrogen and oxygen atoms in total. The van der Waals surface area contributed by atoms with Crippen LogP contribution in [0.2, 0.25) is 0 Å². The SMILES string of the molecule is Cc1csc(SCC2CCN(C(=O)CCc3ccccc3)CC2)n1. The van der Waals surface area contributed by atoms with Gasteiger partial charge in [0.1, 0.15) is 4.34 Å². The van der Waals surface area contributed by atoms with E-state index >= 15 is 0 Å². The average Bonchev–Trinajstić information content (AvgIpc) is 3.04. The number of carbonyl (C=O) groups excluding carboxylic acids is 1. The van der Waals surface area contributed by atoms with E-state index < -0.39 is 0 Å². The number of aromatic nitrogens is 1. The molecule has 1 fully saturated rings. The molecule has 0 N–H and O–H groups in total. The standard InChI is InChI=1S/C19H24N2OS2/c1-15-13-23-19(20-15)24-14-17-9-11-21(12-10-17)18(22)8-7-16-5-3-2-4-6-16/h2-6,13,17H,7-12,14H2,1H3. The van der Waals surface area contributed by atoms with Crippen molar-refractivity contribution in [2.45, 2.75) is 36.9 Å². The molecule has 0 radical (unpaired) electrons. The number of carbonyl (C=O) groups is 1. The summed E-state index contributed by atoms with van der Waals surface area (Å²) in [4.78, 5) is 18.9. The van der Waals surface area contributed by atoms with Crippen molar-refractivity contribution in [3.8, 4) is 0 Å². The lowest BCUT2D eigenvalue weighted by molar-refractivity contribution is -0.132. The minimum absolute atomic E-state index is 0.306. The molecule has 1 aliphatic rings. The summed E-state index contributed by atoms with van der Waals surface area (Å²) in [6, 6.07) is 10.3. The maximum absolute atomic E-state index is 12.4. The molecule has 2 heterocycles. The zero-order chi connectivity index (χ0) is 16.8. The summed E-state index contributed by atoms with van der Waals surface area (Å²) in [5, 5.41) is 2.11. The number of thiazole rings is 1. The van der Waals surface area contributed by atoms with E-state index in [2.05, 4.69) is 27.4 Å². The van der Waals surface area contributed by atoms with E-state index in [1.807, 2.05) is 36.9 Å². The first kappa shape index (κ1) is 17.5. The molecule has 0 saturated carbocycles. The van der Waals surface area contributed by atoms with E-state index in [0.29, 0.717) is 18.2 Å². The highest BCUT2D eigenvalue weighted by Gasteiger charge is 2.22. The molecule has 2 aromatic rings. The second-order valence-electron chi connectivity index (χ2n) is 6.38. The first-order valence-corrected chi connectivity index (χ1v) is 10.4. The summed E-state index contributed by atoms with van der Waals surface area (Å²) >= 11 is 3.60. The Balaban J connectivity index is 1.37. The molecule has 128 valence electrons. The van der Waals surface area contributed by atoms with E-state index in [1.165, 1.54) is 9.90 Å². The second-order valence-corrected chi connectivity index (χ2v) is 8.50. The summed E-state index contributed by atoms with van der Waals surface area (Å²) in [6.07, 6.45) is 3.71. The van der Waals surface area contributed by atoms with Crippen molar-refractivity contribution >= 4 is 29.0 Å². The van der Waals surface area contributed by atoms with Crippen LogP contribution in [-0.2, 0) is 11.2 Å². The van der Waals surface area contributed by atoms with Gasteiger partial charge in [-0.3, -0.25) is 4.79 Å². The molecule has 0 aliphatic carbocycles. The second kappa shape index (κ2) is 8.67. The van der Waals surface area contributed by atoms with Gasteiger partial charge in [0.05, 0.1) is 0 Å². The Labute approximate surface area is 152 Å². The van der Waals surface area contributed by atoms with Gasteiger partial charge < -0.3 is 4.90 Å². The molecule has 0 unspecified atom stereocenters. The number of nitrogens with zero attached hydrogens (tertiary/aromatic N) is 2. The Kier molecular flexibility index (Phi) is 6.32. The van der Waals surface area contributed by atoms with E-state index in [0.717, 1.165) is 43.8 Å². The zero-order valence-corrected chi connectivity index (χ0v) is 15.7. The molecule has 0 bridgehead atoms. The molecule has 1 aliphatic heterocycles. The van der Waals surface area contributed by atoms with Crippen LogP contribution in [0.5, 0.6) is 0 Å². The van der Waals surface area contributed by atoms with Crippen LogP contribution in [0.3, 0.4) is 0 Å². The smallest absolute Gasteiger partial charge is 0.222 e. The normalized spacial score (nSPS) is 15.6. The third-order valence-electron chi connectivity index (χ3n) is 4.48. The Morgan fingerprint density at radius 1 is 1.29 bits per heavy atom. The monoisotopic (exact) mass is 360 g/mol. The highest BCUT2D eigenvalue weighted by molar-refractivity contribution is 8.01. The topological polar surface area (TPSA) is 33.2 Å².